The van der Waals surface area contributed by atoms with Crippen LogP contribution in [0.2, 0.25) is 0 Å². The van der Waals surface area contributed by atoms with Gasteiger partial charge in [-0.2, -0.15) is 0 Å². The number of aromatic nitrogens is 1. The molecular weight excluding hydrogens is 456 g/mol. The Bertz CT molecular complexity index is 1410. The number of alkyl carbamates (subject to hydrolysis) is 1. The van der Waals surface area contributed by atoms with Gasteiger partial charge >= 0.3 is 12.1 Å². The van der Waals surface area contributed by atoms with Gasteiger partial charge in [-0.1, -0.05) is 72.8 Å². The van der Waals surface area contributed by atoms with Crippen molar-refractivity contribution < 1.29 is 19.4 Å². The first-order valence-corrected chi connectivity index (χ1v) is 11.6. The number of carboxylic acid groups (broad SMARTS) is 1. The van der Waals surface area contributed by atoms with Crippen LogP contribution in [0, 0.1) is 0 Å². The van der Waals surface area contributed by atoms with Gasteiger partial charge in [-0.25, -0.2) is 9.59 Å². The van der Waals surface area contributed by atoms with Crippen LogP contribution in [0.25, 0.3) is 22.3 Å². The molecule has 3 aromatic carbocycles. The summed E-state index contributed by atoms with van der Waals surface area (Å²) in [5.41, 5.74) is 6.70. The van der Waals surface area contributed by atoms with E-state index in [-0.39, 0.29) is 24.5 Å². The molecular formula is C29H24N2O5. The van der Waals surface area contributed by atoms with Crippen LogP contribution in [0.3, 0.4) is 0 Å². The van der Waals surface area contributed by atoms with E-state index in [1.807, 2.05) is 48.5 Å². The predicted molar refractivity (Wildman–Crippen MR) is 136 cm³/mol. The maximum atomic E-state index is 12.6. The van der Waals surface area contributed by atoms with Crippen LogP contribution in [-0.4, -0.2) is 34.8 Å². The Labute approximate surface area is 207 Å². The molecule has 1 amide bonds. The molecule has 36 heavy (non-hydrogen) atoms. The van der Waals surface area contributed by atoms with Crippen molar-refractivity contribution in [1.82, 2.24) is 10.3 Å². The minimum atomic E-state index is -1.15. The second kappa shape index (κ2) is 9.92. The number of ether oxygens (including phenoxy) is 1. The molecule has 4 aromatic rings. The summed E-state index contributed by atoms with van der Waals surface area (Å²) in [4.78, 5) is 38.3. The van der Waals surface area contributed by atoms with E-state index < -0.39 is 18.1 Å². The van der Waals surface area contributed by atoms with Gasteiger partial charge in [0.05, 0.1) is 0 Å². The first-order chi connectivity index (χ1) is 17.5. The lowest BCUT2D eigenvalue weighted by molar-refractivity contribution is -0.139. The summed E-state index contributed by atoms with van der Waals surface area (Å²) in [6.45, 7) is 0.111. The van der Waals surface area contributed by atoms with Gasteiger partial charge in [0.2, 0.25) is 5.56 Å². The molecule has 0 bridgehead atoms. The van der Waals surface area contributed by atoms with Gasteiger partial charge < -0.3 is 20.1 Å². The van der Waals surface area contributed by atoms with Crippen molar-refractivity contribution in [1.29, 1.82) is 0 Å². The van der Waals surface area contributed by atoms with E-state index in [0.29, 0.717) is 0 Å². The number of rotatable bonds is 7. The SMILES string of the molecule is O=C(N[C@@H](Cc1ccc(-c2ccc(=O)[nH]c2)cc1)C(=O)O)OCC1c2ccccc2-c2ccccc21. The number of amides is 1. The molecule has 1 aromatic heterocycles. The van der Waals surface area contributed by atoms with Crippen molar-refractivity contribution in [3.8, 4) is 22.3 Å². The van der Waals surface area contributed by atoms with E-state index in [0.717, 1.165) is 38.9 Å². The van der Waals surface area contributed by atoms with Crippen molar-refractivity contribution in [2.24, 2.45) is 0 Å². The summed E-state index contributed by atoms with van der Waals surface area (Å²) < 4.78 is 5.50. The van der Waals surface area contributed by atoms with Crippen molar-refractivity contribution in [2.45, 2.75) is 18.4 Å². The van der Waals surface area contributed by atoms with E-state index in [1.165, 1.54) is 6.07 Å². The molecule has 7 heteroatoms. The highest BCUT2D eigenvalue weighted by Crippen LogP contribution is 2.44. The molecule has 180 valence electrons. The number of carbonyl (C=O) groups excluding carboxylic acids is 1. The first kappa shape index (κ1) is 23.1. The second-order valence-corrected chi connectivity index (χ2v) is 8.70. The molecule has 0 fully saturated rings. The smallest absolute Gasteiger partial charge is 0.407 e. The normalized spacial score (nSPS) is 12.9. The highest BCUT2D eigenvalue weighted by molar-refractivity contribution is 5.81. The van der Waals surface area contributed by atoms with Gasteiger partial charge in [0.1, 0.15) is 12.6 Å². The second-order valence-electron chi connectivity index (χ2n) is 8.70. The summed E-state index contributed by atoms with van der Waals surface area (Å²) in [5.74, 6) is -1.25. The lowest BCUT2D eigenvalue weighted by atomic mass is 9.98. The Hall–Kier alpha value is -4.65. The first-order valence-electron chi connectivity index (χ1n) is 11.6. The molecule has 0 radical (unpaired) electrons. The number of aliphatic carboxylic acids is 1. The number of fused-ring (bicyclic) bond motifs is 3. The average molecular weight is 481 g/mol. The van der Waals surface area contributed by atoms with Crippen LogP contribution >= 0.6 is 0 Å². The zero-order valence-electron chi connectivity index (χ0n) is 19.3. The summed E-state index contributed by atoms with van der Waals surface area (Å²) >= 11 is 0. The third-order valence-corrected chi connectivity index (χ3v) is 6.45. The predicted octanol–water partition coefficient (Wildman–Crippen LogP) is 4.58. The van der Waals surface area contributed by atoms with Crippen LogP contribution in [0.15, 0.2) is 95.9 Å². The maximum absolute atomic E-state index is 12.6. The molecule has 0 aliphatic heterocycles. The van der Waals surface area contributed by atoms with E-state index in [1.54, 1.807) is 24.4 Å². The van der Waals surface area contributed by atoms with Gasteiger partial charge in [-0.3, -0.25) is 4.79 Å². The molecule has 7 nitrogen and oxygen atoms in total. The standard InChI is InChI=1S/C29H24N2O5/c32-27-14-13-20(16-30-27)19-11-9-18(10-12-19)15-26(28(33)34)31-29(35)36-17-25-23-7-3-1-5-21(23)22-6-2-4-8-24(22)25/h1-14,16,25-26H,15,17H2,(H,30,32)(H,31,35)(H,33,34)/t26-/m0/s1. The molecule has 1 aliphatic rings. The van der Waals surface area contributed by atoms with Crippen LogP contribution in [-0.2, 0) is 16.0 Å². The third kappa shape index (κ3) is 4.77. The summed E-state index contributed by atoms with van der Waals surface area (Å²) in [6.07, 6.45) is 0.954. The number of carbonyl (C=O) groups is 2. The van der Waals surface area contributed by atoms with Crippen molar-refractivity contribution in [3.63, 3.8) is 0 Å². The number of hydrogen-bond donors (Lipinski definition) is 3. The van der Waals surface area contributed by atoms with Gasteiger partial charge in [0.25, 0.3) is 0 Å². The number of nitrogens with one attached hydrogen (secondary N) is 2. The fourth-order valence-corrected chi connectivity index (χ4v) is 4.64. The Balaban J connectivity index is 1.23. The topological polar surface area (TPSA) is 108 Å². The van der Waals surface area contributed by atoms with Gasteiger partial charge in [0, 0.05) is 24.6 Å². The summed E-state index contributed by atoms with van der Waals surface area (Å²) in [7, 11) is 0. The van der Waals surface area contributed by atoms with Gasteiger partial charge in [-0.15, -0.1) is 0 Å². The molecule has 0 spiro atoms. The molecule has 5 rings (SSSR count). The van der Waals surface area contributed by atoms with E-state index >= 15 is 0 Å². The van der Waals surface area contributed by atoms with E-state index in [9.17, 15) is 19.5 Å². The molecule has 1 atom stereocenters. The molecule has 1 heterocycles. The fourth-order valence-electron chi connectivity index (χ4n) is 4.64. The van der Waals surface area contributed by atoms with E-state index in [4.69, 9.17) is 4.74 Å². The zero-order chi connectivity index (χ0) is 25.1. The fraction of sp³-hybridized carbons (Fsp3) is 0.138. The van der Waals surface area contributed by atoms with Crippen LogP contribution < -0.4 is 10.9 Å². The van der Waals surface area contributed by atoms with Crippen LogP contribution in [0.5, 0.6) is 0 Å². The minimum Gasteiger partial charge on any atom is -0.480 e. The number of H-pyrrole nitrogens is 1. The van der Waals surface area contributed by atoms with Crippen LogP contribution in [0.1, 0.15) is 22.6 Å². The summed E-state index contributed by atoms with van der Waals surface area (Å²) in [6, 6.07) is 25.3. The quantitative estimate of drug-likeness (QED) is 0.359. The Morgan fingerprint density at radius 2 is 1.47 bits per heavy atom. The molecule has 0 saturated heterocycles. The Morgan fingerprint density at radius 3 is 2.06 bits per heavy atom. The minimum absolute atomic E-state index is 0.103. The van der Waals surface area contributed by atoms with Crippen molar-refractivity contribution in [2.75, 3.05) is 6.61 Å². The number of benzene rings is 3. The lowest BCUT2D eigenvalue weighted by Gasteiger charge is -2.17. The van der Waals surface area contributed by atoms with Gasteiger partial charge in [-0.05, 0) is 45.0 Å². The number of hydrogen-bond acceptors (Lipinski definition) is 4. The molecule has 0 saturated carbocycles. The number of pyridine rings is 1. The zero-order valence-corrected chi connectivity index (χ0v) is 19.3. The number of aromatic amines is 1. The van der Waals surface area contributed by atoms with Crippen LogP contribution in [0.4, 0.5) is 4.79 Å². The monoisotopic (exact) mass is 480 g/mol. The maximum Gasteiger partial charge on any atom is 0.407 e. The third-order valence-electron chi connectivity index (χ3n) is 6.45. The van der Waals surface area contributed by atoms with Crippen molar-refractivity contribution in [3.05, 3.63) is 118 Å². The molecule has 1 aliphatic carbocycles. The Morgan fingerprint density at radius 1 is 0.861 bits per heavy atom. The Kier molecular flexibility index (Phi) is 6.36. The largest absolute Gasteiger partial charge is 0.480 e. The molecule has 3 N–H and O–H groups in total. The van der Waals surface area contributed by atoms with Gasteiger partial charge in [0.15, 0.2) is 0 Å². The van der Waals surface area contributed by atoms with Crippen molar-refractivity contribution >= 4 is 12.1 Å². The van der Waals surface area contributed by atoms with E-state index in [2.05, 4.69) is 22.4 Å². The molecule has 0 unspecified atom stereocenters. The lowest BCUT2D eigenvalue weighted by Crippen LogP contribution is -2.42. The highest BCUT2D eigenvalue weighted by atomic mass is 16.5. The highest BCUT2D eigenvalue weighted by Gasteiger charge is 2.29. The number of carboxylic acids is 1. The average Bonchev–Trinajstić information content (AvgIpc) is 3.22. The summed E-state index contributed by atoms with van der Waals surface area (Å²) in [5, 5.41) is 12.2.